The van der Waals surface area contributed by atoms with Crippen LogP contribution in [0.15, 0.2) is 34.9 Å². The standard InChI is InChI=1S/C19H26N4O2/c20-13-7-2-5-12-17(24)23-14-8-6-11-16(23)19-21-18(22-25-19)15-9-3-1-4-10-15/h1,3-4,9-10,16H,2,5-8,11-14,20H2/t16-/m1/s1. The summed E-state index contributed by atoms with van der Waals surface area (Å²) in [5.74, 6) is 1.31. The zero-order chi connectivity index (χ0) is 17.5. The first-order valence-corrected chi connectivity index (χ1v) is 9.18. The molecule has 6 nitrogen and oxygen atoms in total. The first-order valence-electron chi connectivity index (χ1n) is 9.18. The van der Waals surface area contributed by atoms with E-state index >= 15 is 0 Å². The van der Waals surface area contributed by atoms with E-state index in [1.165, 1.54) is 0 Å². The van der Waals surface area contributed by atoms with Crippen molar-refractivity contribution in [3.63, 3.8) is 0 Å². The minimum absolute atomic E-state index is 0.0966. The predicted octanol–water partition coefficient (Wildman–Crippen LogP) is 3.31. The molecule has 1 atom stereocenters. The quantitative estimate of drug-likeness (QED) is 0.780. The van der Waals surface area contributed by atoms with Gasteiger partial charge < -0.3 is 15.2 Å². The van der Waals surface area contributed by atoms with E-state index < -0.39 is 0 Å². The fourth-order valence-corrected chi connectivity index (χ4v) is 3.30. The lowest BCUT2D eigenvalue weighted by atomic mass is 10.0. The second-order valence-corrected chi connectivity index (χ2v) is 6.52. The van der Waals surface area contributed by atoms with Gasteiger partial charge in [0.25, 0.3) is 0 Å². The van der Waals surface area contributed by atoms with Crippen LogP contribution < -0.4 is 5.73 Å². The fraction of sp³-hybridized carbons (Fsp3) is 0.526. The van der Waals surface area contributed by atoms with Crippen molar-refractivity contribution in [2.75, 3.05) is 13.1 Å². The van der Waals surface area contributed by atoms with Crippen molar-refractivity contribution in [2.24, 2.45) is 5.73 Å². The summed E-state index contributed by atoms with van der Waals surface area (Å²) in [6.45, 7) is 1.45. The highest BCUT2D eigenvalue weighted by Crippen LogP contribution is 2.31. The normalized spacial score (nSPS) is 17.6. The molecule has 1 aliphatic rings. The Labute approximate surface area is 148 Å². The molecule has 0 spiro atoms. The molecule has 1 aromatic heterocycles. The number of nitrogens with two attached hydrogens (primary N) is 1. The summed E-state index contributed by atoms with van der Waals surface area (Å²) in [4.78, 5) is 19.1. The molecule has 1 aliphatic heterocycles. The van der Waals surface area contributed by atoms with Crippen molar-refractivity contribution in [3.8, 4) is 11.4 Å². The van der Waals surface area contributed by atoms with Gasteiger partial charge in [-0.15, -0.1) is 0 Å². The van der Waals surface area contributed by atoms with Crippen LogP contribution in [0.5, 0.6) is 0 Å². The molecule has 3 rings (SSSR count). The monoisotopic (exact) mass is 342 g/mol. The van der Waals surface area contributed by atoms with E-state index in [1.54, 1.807) is 0 Å². The largest absolute Gasteiger partial charge is 0.337 e. The highest BCUT2D eigenvalue weighted by atomic mass is 16.5. The number of likely N-dealkylation sites (tertiary alicyclic amines) is 1. The molecule has 6 heteroatoms. The summed E-state index contributed by atoms with van der Waals surface area (Å²) in [5, 5.41) is 4.10. The number of aromatic nitrogens is 2. The van der Waals surface area contributed by atoms with Crippen molar-refractivity contribution in [2.45, 2.75) is 51.0 Å². The van der Waals surface area contributed by atoms with Crippen LogP contribution in [0.4, 0.5) is 0 Å². The number of piperidine rings is 1. The third-order valence-corrected chi connectivity index (χ3v) is 4.68. The molecule has 1 saturated heterocycles. The Kier molecular flexibility index (Phi) is 6.17. The molecule has 0 unspecified atom stereocenters. The topological polar surface area (TPSA) is 85.3 Å². The van der Waals surface area contributed by atoms with Gasteiger partial charge in [0.2, 0.25) is 17.6 Å². The van der Waals surface area contributed by atoms with Gasteiger partial charge in [0.1, 0.15) is 6.04 Å². The zero-order valence-electron chi connectivity index (χ0n) is 14.6. The molecule has 2 N–H and O–H groups in total. The maximum Gasteiger partial charge on any atom is 0.249 e. The van der Waals surface area contributed by atoms with E-state index in [9.17, 15) is 4.79 Å². The number of carbonyl (C=O) groups is 1. The highest BCUT2D eigenvalue weighted by molar-refractivity contribution is 5.76. The third kappa shape index (κ3) is 4.45. The zero-order valence-corrected chi connectivity index (χ0v) is 14.6. The number of benzene rings is 1. The van der Waals surface area contributed by atoms with Gasteiger partial charge in [-0.2, -0.15) is 4.98 Å². The summed E-state index contributed by atoms with van der Waals surface area (Å²) < 4.78 is 5.51. The number of hydrogen-bond donors (Lipinski definition) is 1. The van der Waals surface area contributed by atoms with Crippen molar-refractivity contribution in [1.29, 1.82) is 0 Å². The Bertz CT molecular complexity index is 671. The van der Waals surface area contributed by atoms with Crippen LogP contribution in [0.25, 0.3) is 11.4 Å². The van der Waals surface area contributed by atoms with Gasteiger partial charge in [-0.05, 0) is 38.6 Å². The van der Waals surface area contributed by atoms with Gasteiger partial charge in [0.05, 0.1) is 0 Å². The van der Waals surface area contributed by atoms with Gasteiger partial charge in [-0.1, -0.05) is 41.9 Å². The Hall–Kier alpha value is -2.21. The molecule has 1 amide bonds. The van der Waals surface area contributed by atoms with Crippen LogP contribution >= 0.6 is 0 Å². The van der Waals surface area contributed by atoms with E-state index in [2.05, 4.69) is 10.1 Å². The molecule has 0 saturated carbocycles. The summed E-state index contributed by atoms with van der Waals surface area (Å²) in [5.41, 5.74) is 6.44. The van der Waals surface area contributed by atoms with Gasteiger partial charge in [-0.25, -0.2) is 0 Å². The van der Waals surface area contributed by atoms with Gasteiger partial charge in [-0.3, -0.25) is 4.79 Å². The fourth-order valence-electron chi connectivity index (χ4n) is 3.30. The Morgan fingerprint density at radius 2 is 2.04 bits per heavy atom. The molecule has 1 aromatic carbocycles. The van der Waals surface area contributed by atoms with E-state index in [1.807, 2.05) is 35.2 Å². The lowest BCUT2D eigenvalue weighted by Crippen LogP contribution is -2.38. The first-order chi connectivity index (χ1) is 12.3. The van der Waals surface area contributed by atoms with Crippen LogP contribution in [0.1, 0.15) is 56.9 Å². The van der Waals surface area contributed by atoms with Crippen LogP contribution in [0.2, 0.25) is 0 Å². The van der Waals surface area contributed by atoms with Crippen LogP contribution in [0.3, 0.4) is 0 Å². The number of nitrogens with zero attached hydrogens (tertiary/aromatic N) is 3. The average Bonchev–Trinajstić information content (AvgIpc) is 3.16. The summed E-state index contributed by atoms with van der Waals surface area (Å²) in [6.07, 6.45) is 6.41. The average molecular weight is 342 g/mol. The lowest BCUT2D eigenvalue weighted by Gasteiger charge is -2.33. The van der Waals surface area contributed by atoms with Gasteiger partial charge >= 0.3 is 0 Å². The molecule has 0 radical (unpaired) electrons. The maximum atomic E-state index is 12.6. The number of rotatable bonds is 7. The predicted molar refractivity (Wildman–Crippen MR) is 95.6 cm³/mol. The third-order valence-electron chi connectivity index (χ3n) is 4.68. The van der Waals surface area contributed by atoms with E-state index in [-0.39, 0.29) is 11.9 Å². The second kappa shape index (κ2) is 8.76. The summed E-state index contributed by atoms with van der Waals surface area (Å²) >= 11 is 0. The Balaban J connectivity index is 1.68. The number of carbonyl (C=O) groups excluding carboxylic acids is 1. The molecular formula is C19H26N4O2. The van der Waals surface area contributed by atoms with Crippen molar-refractivity contribution >= 4 is 5.91 Å². The molecular weight excluding hydrogens is 316 g/mol. The smallest absolute Gasteiger partial charge is 0.249 e. The maximum absolute atomic E-state index is 12.6. The van der Waals surface area contributed by atoms with E-state index in [0.717, 1.165) is 50.6 Å². The molecule has 1 fully saturated rings. The first kappa shape index (κ1) is 17.6. The van der Waals surface area contributed by atoms with Gasteiger partial charge in [0, 0.05) is 18.5 Å². The van der Waals surface area contributed by atoms with Crippen molar-refractivity contribution < 1.29 is 9.32 Å². The SMILES string of the molecule is NCCCCCC(=O)N1CCCC[C@@H]1c1nc(-c2ccccc2)no1. The van der Waals surface area contributed by atoms with Crippen LogP contribution in [0, 0.1) is 0 Å². The minimum Gasteiger partial charge on any atom is -0.337 e. The molecule has 2 aromatic rings. The van der Waals surface area contributed by atoms with Crippen LogP contribution in [-0.4, -0.2) is 34.0 Å². The Morgan fingerprint density at radius 3 is 2.84 bits per heavy atom. The second-order valence-electron chi connectivity index (χ2n) is 6.52. The summed E-state index contributed by atoms with van der Waals surface area (Å²) in [6, 6.07) is 9.66. The lowest BCUT2D eigenvalue weighted by molar-refractivity contribution is -0.135. The molecule has 2 heterocycles. The number of hydrogen-bond acceptors (Lipinski definition) is 5. The van der Waals surface area contributed by atoms with Crippen LogP contribution in [-0.2, 0) is 4.79 Å². The number of unbranched alkanes of at least 4 members (excludes halogenated alkanes) is 2. The van der Waals surface area contributed by atoms with Crippen molar-refractivity contribution in [3.05, 3.63) is 36.2 Å². The summed E-state index contributed by atoms with van der Waals surface area (Å²) in [7, 11) is 0. The molecule has 134 valence electrons. The molecule has 0 bridgehead atoms. The Morgan fingerprint density at radius 1 is 1.20 bits per heavy atom. The highest BCUT2D eigenvalue weighted by Gasteiger charge is 2.31. The van der Waals surface area contributed by atoms with E-state index in [4.69, 9.17) is 10.3 Å². The molecule has 0 aliphatic carbocycles. The number of amides is 1. The minimum atomic E-state index is -0.0966. The van der Waals surface area contributed by atoms with Gasteiger partial charge in [0.15, 0.2) is 0 Å². The van der Waals surface area contributed by atoms with Crippen molar-refractivity contribution in [1.82, 2.24) is 15.0 Å². The van der Waals surface area contributed by atoms with E-state index in [0.29, 0.717) is 24.7 Å². The molecule has 25 heavy (non-hydrogen) atoms.